The highest BCUT2D eigenvalue weighted by atomic mass is 127. The number of rotatable bonds is 6. The molecule has 0 aliphatic heterocycles. The molecule has 0 saturated carbocycles. The third-order valence-electron chi connectivity index (χ3n) is 3.95. The van der Waals surface area contributed by atoms with Gasteiger partial charge < -0.3 is 10.6 Å². The number of nitrogens with zero attached hydrogens (tertiary/aromatic N) is 3. The van der Waals surface area contributed by atoms with Crippen molar-refractivity contribution in [2.75, 3.05) is 5.32 Å². The van der Waals surface area contributed by atoms with Crippen molar-refractivity contribution in [1.29, 1.82) is 0 Å². The first-order valence-corrected chi connectivity index (χ1v) is 8.57. The summed E-state index contributed by atoms with van der Waals surface area (Å²) in [6.07, 6.45) is 2.62. The Labute approximate surface area is 179 Å². The molecule has 0 radical (unpaired) electrons. The highest BCUT2D eigenvalue weighted by Crippen LogP contribution is 2.12. The van der Waals surface area contributed by atoms with Gasteiger partial charge in [-0.3, -0.25) is 4.57 Å². The summed E-state index contributed by atoms with van der Waals surface area (Å²) in [5.74, 6) is 0.730. The first kappa shape index (κ1) is 21.8. The van der Waals surface area contributed by atoms with Crippen molar-refractivity contribution in [3.05, 3.63) is 83.9 Å². The summed E-state index contributed by atoms with van der Waals surface area (Å²) in [6, 6.07) is 17.6. The molecule has 0 amide bonds. The van der Waals surface area contributed by atoms with Gasteiger partial charge in [0.15, 0.2) is 5.96 Å². The van der Waals surface area contributed by atoms with Crippen LogP contribution in [0.4, 0.5) is 14.5 Å². The van der Waals surface area contributed by atoms with E-state index in [1.54, 1.807) is 0 Å². The average molecular weight is 497 g/mol. The maximum atomic E-state index is 13.0. The number of hydrogen-bond acceptors (Lipinski definition) is 2. The van der Waals surface area contributed by atoms with Gasteiger partial charge in [0.1, 0.15) is 5.82 Å². The van der Waals surface area contributed by atoms with Crippen LogP contribution in [0.1, 0.15) is 23.5 Å². The zero-order valence-corrected chi connectivity index (χ0v) is 17.7. The maximum absolute atomic E-state index is 13.0. The van der Waals surface area contributed by atoms with Gasteiger partial charge in [-0.15, -0.1) is 24.0 Å². The van der Waals surface area contributed by atoms with Gasteiger partial charge in [0.2, 0.25) is 0 Å². The van der Waals surface area contributed by atoms with Crippen LogP contribution >= 0.6 is 24.0 Å². The fourth-order valence-corrected chi connectivity index (χ4v) is 2.48. The number of alkyl halides is 2. The van der Waals surface area contributed by atoms with Gasteiger partial charge in [0.25, 0.3) is 0 Å². The van der Waals surface area contributed by atoms with E-state index in [1.165, 1.54) is 18.0 Å². The van der Waals surface area contributed by atoms with Crippen molar-refractivity contribution >= 4 is 35.6 Å². The van der Waals surface area contributed by atoms with Crippen molar-refractivity contribution in [3.8, 4) is 0 Å². The molecule has 1 heterocycles. The monoisotopic (exact) mass is 497 g/mol. The predicted octanol–water partition coefficient (Wildman–Crippen LogP) is 4.96. The number of aromatic nitrogens is 2. The molecular formula is C20H22F2IN5. The van der Waals surface area contributed by atoms with Crippen molar-refractivity contribution in [3.63, 3.8) is 0 Å². The Hall–Kier alpha value is -2.49. The lowest BCUT2D eigenvalue weighted by atomic mass is 10.1. The summed E-state index contributed by atoms with van der Waals surface area (Å²) in [7, 11) is 0. The fourth-order valence-electron chi connectivity index (χ4n) is 2.48. The molecule has 3 rings (SSSR count). The molecule has 28 heavy (non-hydrogen) atoms. The minimum atomic E-state index is -2.63. The first-order valence-electron chi connectivity index (χ1n) is 8.57. The number of aryl methyl sites for hydroxylation is 1. The lowest BCUT2D eigenvalue weighted by molar-refractivity contribution is 0.0668. The average Bonchev–Trinajstić information content (AvgIpc) is 3.15. The number of para-hydroxylation sites is 1. The molecule has 8 heteroatoms. The summed E-state index contributed by atoms with van der Waals surface area (Å²) in [5.41, 5.74) is 3.09. The lowest BCUT2D eigenvalue weighted by Gasteiger charge is -2.13. The number of anilines is 1. The van der Waals surface area contributed by atoms with E-state index in [0.29, 0.717) is 12.5 Å². The van der Waals surface area contributed by atoms with E-state index in [2.05, 4.69) is 20.6 Å². The van der Waals surface area contributed by atoms with Gasteiger partial charge in [-0.2, -0.15) is 8.78 Å². The highest BCUT2D eigenvalue weighted by Gasteiger charge is 2.11. The van der Waals surface area contributed by atoms with Gasteiger partial charge >= 0.3 is 6.55 Å². The molecule has 2 N–H and O–H groups in total. The largest absolute Gasteiger partial charge is 0.349 e. The van der Waals surface area contributed by atoms with Crippen LogP contribution in [0.5, 0.6) is 0 Å². The molecule has 0 unspecified atom stereocenters. The minimum Gasteiger partial charge on any atom is -0.349 e. The Morgan fingerprint density at radius 1 is 1.11 bits per heavy atom. The zero-order valence-electron chi connectivity index (χ0n) is 15.3. The number of imidazole rings is 1. The predicted molar refractivity (Wildman–Crippen MR) is 118 cm³/mol. The van der Waals surface area contributed by atoms with Gasteiger partial charge in [-0.25, -0.2) is 9.98 Å². The Morgan fingerprint density at radius 2 is 1.82 bits per heavy atom. The van der Waals surface area contributed by atoms with Gasteiger partial charge in [-0.1, -0.05) is 48.0 Å². The zero-order chi connectivity index (χ0) is 19.1. The van der Waals surface area contributed by atoms with E-state index >= 15 is 0 Å². The number of guanidine groups is 1. The van der Waals surface area contributed by atoms with Gasteiger partial charge in [0.05, 0.1) is 13.1 Å². The molecule has 0 spiro atoms. The molecule has 1 aromatic heterocycles. The van der Waals surface area contributed by atoms with E-state index in [0.717, 1.165) is 15.8 Å². The Kier molecular flexibility index (Phi) is 8.37. The molecule has 0 saturated heterocycles. The van der Waals surface area contributed by atoms with E-state index in [4.69, 9.17) is 0 Å². The molecule has 0 aliphatic carbocycles. The van der Waals surface area contributed by atoms with Crippen LogP contribution in [0.15, 0.2) is 72.0 Å². The summed E-state index contributed by atoms with van der Waals surface area (Å²) >= 11 is 0. The van der Waals surface area contributed by atoms with Crippen LogP contribution in [0, 0.1) is 6.92 Å². The Balaban J connectivity index is 0.00000280. The van der Waals surface area contributed by atoms with E-state index in [-0.39, 0.29) is 36.3 Å². The van der Waals surface area contributed by atoms with Crippen molar-refractivity contribution in [2.24, 2.45) is 4.99 Å². The highest BCUT2D eigenvalue weighted by molar-refractivity contribution is 14.0. The SMILES string of the molecule is Cc1ccc(CN=C(NCc2nccn2C(F)F)Nc2ccccc2)cc1.I. The first-order chi connectivity index (χ1) is 13.1. The standard InChI is InChI=1S/C20H21F2N5.HI/c1-15-7-9-16(10-8-15)13-24-20(26-17-5-3-2-4-6-17)25-14-18-23-11-12-27(18)19(21)22;/h2-12,19H,13-14H2,1H3,(H2,24,25,26);1H. The van der Waals surface area contributed by atoms with Crippen LogP contribution in [-0.2, 0) is 13.1 Å². The quantitative estimate of drug-likeness (QED) is 0.288. The van der Waals surface area contributed by atoms with Crippen LogP contribution in [0.25, 0.3) is 0 Å². The second kappa shape index (κ2) is 10.7. The second-order valence-corrected chi connectivity index (χ2v) is 6.02. The third-order valence-corrected chi connectivity index (χ3v) is 3.95. The topological polar surface area (TPSA) is 54.2 Å². The number of aliphatic imine (C=N–C) groups is 1. The summed E-state index contributed by atoms with van der Waals surface area (Å²) in [6.45, 7) is -0.00285. The Bertz CT molecular complexity index is 879. The Morgan fingerprint density at radius 3 is 2.50 bits per heavy atom. The van der Waals surface area contributed by atoms with E-state index in [1.807, 2.05) is 61.5 Å². The molecule has 0 fully saturated rings. The molecule has 3 aromatic rings. The molecule has 148 valence electrons. The third kappa shape index (κ3) is 6.29. The van der Waals surface area contributed by atoms with E-state index in [9.17, 15) is 8.78 Å². The number of halogens is 3. The lowest BCUT2D eigenvalue weighted by Crippen LogP contribution is -2.31. The van der Waals surface area contributed by atoms with Crippen molar-refractivity contribution in [1.82, 2.24) is 14.9 Å². The molecular weight excluding hydrogens is 475 g/mol. The van der Waals surface area contributed by atoms with Crippen molar-refractivity contribution in [2.45, 2.75) is 26.6 Å². The number of benzene rings is 2. The van der Waals surface area contributed by atoms with Crippen LogP contribution in [0.2, 0.25) is 0 Å². The molecule has 0 aliphatic rings. The normalized spacial score (nSPS) is 11.2. The molecule has 0 bridgehead atoms. The molecule has 2 aromatic carbocycles. The second-order valence-electron chi connectivity index (χ2n) is 6.02. The summed E-state index contributed by atoms with van der Waals surface area (Å²) in [5, 5.41) is 6.26. The van der Waals surface area contributed by atoms with Crippen LogP contribution in [0.3, 0.4) is 0 Å². The van der Waals surface area contributed by atoms with Gasteiger partial charge in [-0.05, 0) is 24.6 Å². The van der Waals surface area contributed by atoms with Crippen LogP contribution in [-0.4, -0.2) is 15.5 Å². The van der Waals surface area contributed by atoms with Crippen molar-refractivity contribution < 1.29 is 8.78 Å². The molecule has 5 nitrogen and oxygen atoms in total. The maximum Gasteiger partial charge on any atom is 0.319 e. The number of hydrogen-bond donors (Lipinski definition) is 2. The van der Waals surface area contributed by atoms with E-state index < -0.39 is 6.55 Å². The fraction of sp³-hybridized carbons (Fsp3) is 0.200. The number of nitrogens with one attached hydrogen (secondary N) is 2. The van der Waals surface area contributed by atoms with Gasteiger partial charge in [0, 0.05) is 18.1 Å². The summed E-state index contributed by atoms with van der Waals surface area (Å²) in [4.78, 5) is 8.54. The molecule has 0 atom stereocenters. The minimum absolute atomic E-state index is 0. The smallest absolute Gasteiger partial charge is 0.319 e. The van der Waals surface area contributed by atoms with Crippen LogP contribution < -0.4 is 10.6 Å². The summed E-state index contributed by atoms with van der Waals surface area (Å²) < 4.78 is 26.8.